The third-order valence-electron chi connectivity index (χ3n) is 3.32. The van der Waals surface area contributed by atoms with Crippen LogP contribution in [0.3, 0.4) is 0 Å². The first-order valence-corrected chi connectivity index (χ1v) is 8.02. The molecule has 0 atom stereocenters. The molecule has 6 heteroatoms. The van der Waals surface area contributed by atoms with Gasteiger partial charge < -0.3 is 0 Å². The number of benzene rings is 1. The number of hydrogen-bond donors (Lipinski definition) is 0. The second-order valence-corrected chi connectivity index (χ2v) is 6.79. The van der Waals surface area contributed by atoms with Crippen molar-refractivity contribution in [2.24, 2.45) is 4.99 Å². The van der Waals surface area contributed by atoms with Crippen molar-refractivity contribution in [2.45, 2.75) is 30.7 Å². The Hall–Kier alpha value is -1.07. The van der Waals surface area contributed by atoms with E-state index in [-0.39, 0.29) is 6.04 Å². The van der Waals surface area contributed by atoms with E-state index in [1.165, 1.54) is 4.31 Å². The van der Waals surface area contributed by atoms with Gasteiger partial charge in [-0.15, -0.1) is 0 Å². The molecule has 2 rings (SSSR count). The lowest BCUT2D eigenvalue weighted by Crippen LogP contribution is -2.39. The molecule has 1 aromatic rings. The van der Waals surface area contributed by atoms with E-state index in [1.54, 1.807) is 12.1 Å². The normalized spacial score (nSPS) is 17.9. The fraction of sp³-hybridized carbons (Fsp3) is 0.462. The Balaban J connectivity index is 2.13. The van der Waals surface area contributed by atoms with Crippen molar-refractivity contribution >= 4 is 27.4 Å². The molecule has 1 saturated heterocycles. The molecule has 0 spiro atoms. The molecular formula is C13H16N2O2S2. The van der Waals surface area contributed by atoms with Gasteiger partial charge in [-0.05, 0) is 44.1 Å². The van der Waals surface area contributed by atoms with E-state index < -0.39 is 10.0 Å². The fourth-order valence-electron chi connectivity index (χ4n) is 2.15. The lowest BCUT2D eigenvalue weighted by atomic mass is 10.1. The van der Waals surface area contributed by atoms with Gasteiger partial charge in [0, 0.05) is 13.1 Å². The summed E-state index contributed by atoms with van der Waals surface area (Å²) in [7, 11) is -3.37. The molecule has 102 valence electrons. The molecular weight excluding hydrogens is 280 g/mol. The monoisotopic (exact) mass is 296 g/mol. The summed E-state index contributed by atoms with van der Waals surface area (Å²) in [5.41, 5.74) is 1.05. The lowest BCUT2D eigenvalue weighted by molar-refractivity contribution is 0.321. The van der Waals surface area contributed by atoms with Crippen molar-refractivity contribution in [3.8, 4) is 0 Å². The zero-order valence-electron chi connectivity index (χ0n) is 10.7. The largest absolute Gasteiger partial charge is 0.243 e. The molecule has 1 aromatic carbocycles. The molecule has 19 heavy (non-hydrogen) atoms. The molecule has 0 N–H and O–H groups in total. The van der Waals surface area contributed by atoms with Gasteiger partial charge in [-0.3, -0.25) is 0 Å². The van der Waals surface area contributed by atoms with Gasteiger partial charge in [0.15, 0.2) is 0 Å². The minimum absolute atomic E-state index is 0.113. The van der Waals surface area contributed by atoms with Crippen molar-refractivity contribution in [1.82, 2.24) is 4.31 Å². The number of sulfonamides is 1. The van der Waals surface area contributed by atoms with Crippen LogP contribution in [0, 0.1) is 6.92 Å². The average molecular weight is 296 g/mol. The van der Waals surface area contributed by atoms with E-state index in [4.69, 9.17) is 0 Å². The topological polar surface area (TPSA) is 49.7 Å². The average Bonchev–Trinajstić information content (AvgIpc) is 2.40. The van der Waals surface area contributed by atoms with Gasteiger partial charge in [0.25, 0.3) is 0 Å². The number of rotatable bonds is 3. The van der Waals surface area contributed by atoms with Gasteiger partial charge in [-0.1, -0.05) is 17.7 Å². The molecule has 0 amide bonds. The Kier molecular flexibility index (Phi) is 4.47. The number of thiocarbonyl (C=S) groups is 1. The van der Waals surface area contributed by atoms with Gasteiger partial charge in [-0.25, -0.2) is 13.4 Å². The maximum absolute atomic E-state index is 12.4. The van der Waals surface area contributed by atoms with Crippen LogP contribution in [0.15, 0.2) is 34.2 Å². The third kappa shape index (κ3) is 3.28. The van der Waals surface area contributed by atoms with Crippen LogP contribution in [0.5, 0.6) is 0 Å². The summed E-state index contributed by atoms with van der Waals surface area (Å²) in [5, 5.41) is 2.37. The second kappa shape index (κ2) is 5.92. The van der Waals surface area contributed by atoms with E-state index in [1.807, 2.05) is 19.1 Å². The Bertz CT molecular complexity index is 582. The summed E-state index contributed by atoms with van der Waals surface area (Å²) in [4.78, 5) is 4.38. The maximum atomic E-state index is 12.4. The van der Waals surface area contributed by atoms with E-state index >= 15 is 0 Å². The van der Waals surface area contributed by atoms with Crippen LogP contribution in [0.1, 0.15) is 18.4 Å². The van der Waals surface area contributed by atoms with E-state index in [9.17, 15) is 8.42 Å². The van der Waals surface area contributed by atoms with Gasteiger partial charge in [0.1, 0.15) is 0 Å². The Morgan fingerprint density at radius 2 is 1.84 bits per heavy atom. The smallest absolute Gasteiger partial charge is 0.229 e. The minimum atomic E-state index is -3.37. The van der Waals surface area contributed by atoms with Crippen LogP contribution in [0.25, 0.3) is 0 Å². The van der Waals surface area contributed by atoms with Gasteiger partial charge in [0.2, 0.25) is 10.0 Å². The molecule has 0 saturated carbocycles. The van der Waals surface area contributed by atoms with Crippen molar-refractivity contribution in [2.75, 3.05) is 13.1 Å². The summed E-state index contributed by atoms with van der Waals surface area (Å²) in [6.45, 7) is 2.91. The number of piperidine rings is 1. The molecule has 1 fully saturated rings. The van der Waals surface area contributed by atoms with E-state index in [2.05, 4.69) is 22.4 Å². The Morgan fingerprint density at radius 1 is 1.26 bits per heavy atom. The number of hydrogen-bond acceptors (Lipinski definition) is 4. The molecule has 1 heterocycles. The van der Waals surface area contributed by atoms with E-state index in [0.29, 0.717) is 30.8 Å². The first-order valence-electron chi connectivity index (χ1n) is 6.18. The summed E-state index contributed by atoms with van der Waals surface area (Å²) in [6.07, 6.45) is 1.41. The highest BCUT2D eigenvalue weighted by molar-refractivity contribution is 7.89. The molecule has 1 aliphatic rings. The summed E-state index contributed by atoms with van der Waals surface area (Å²) in [5.74, 6) is 0. The van der Waals surface area contributed by atoms with Crippen molar-refractivity contribution < 1.29 is 8.42 Å². The van der Waals surface area contributed by atoms with Crippen LogP contribution >= 0.6 is 12.2 Å². The highest BCUT2D eigenvalue weighted by atomic mass is 32.2. The van der Waals surface area contributed by atoms with Crippen LogP contribution in [0.2, 0.25) is 0 Å². The second-order valence-electron chi connectivity index (χ2n) is 4.67. The van der Waals surface area contributed by atoms with Crippen LogP contribution < -0.4 is 0 Å². The third-order valence-corrected chi connectivity index (χ3v) is 5.34. The fourth-order valence-corrected chi connectivity index (χ4v) is 3.76. The quantitative estimate of drug-likeness (QED) is 0.635. The molecule has 0 bridgehead atoms. The summed E-state index contributed by atoms with van der Waals surface area (Å²) in [6, 6.07) is 7.06. The van der Waals surface area contributed by atoms with Crippen LogP contribution in [-0.2, 0) is 10.0 Å². The Labute approximate surface area is 119 Å². The van der Waals surface area contributed by atoms with Crippen molar-refractivity contribution in [1.29, 1.82) is 0 Å². The van der Waals surface area contributed by atoms with Crippen molar-refractivity contribution in [3.05, 3.63) is 29.8 Å². The number of aliphatic imine (C=N–C) groups is 1. The molecule has 0 radical (unpaired) electrons. The molecule has 1 aliphatic heterocycles. The molecule has 0 aromatic heterocycles. The molecule has 0 unspecified atom stereocenters. The number of nitrogens with zero attached hydrogens (tertiary/aromatic N) is 2. The van der Waals surface area contributed by atoms with Crippen LogP contribution in [0.4, 0.5) is 0 Å². The predicted molar refractivity (Wildman–Crippen MR) is 78.0 cm³/mol. The van der Waals surface area contributed by atoms with Gasteiger partial charge in [-0.2, -0.15) is 4.31 Å². The summed E-state index contributed by atoms with van der Waals surface area (Å²) >= 11 is 4.58. The Morgan fingerprint density at radius 3 is 2.37 bits per heavy atom. The zero-order chi connectivity index (χ0) is 13.9. The SMILES string of the molecule is Cc1ccc(S(=O)(=O)N2CCC(N=C=S)CC2)cc1. The van der Waals surface area contributed by atoms with Crippen molar-refractivity contribution in [3.63, 3.8) is 0 Å². The van der Waals surface area contributed by atoms with Gasteiger partial charge >= 0.3 is 0 Å². The lowest BCUT2D eigenvalue weighted by Gasteiger charge is -2.28. The van der Waals surface area contributed by atoms with Crippen LogP contribution in [-0.4, -0.2) is 37.0 Å². The highest BCUT2D eigenvalue weighted by Gasteiger charge is 2.28. The molecule has 4 nitrogen and oxygen atoms in total. The van der Waals surface area contributed by atoms with Gasteiger partial charge in [0.05, 0.1) is 16.1 Å². The molecule has 0 aliphatic carbocycles. The zero-order valence-corrected chi connectivity index (χ0v) is 12.4. The highest BCUT2D eigenvalue weighted by Crippen LogP contribution is 2.22. The standard InChI is InChI=1S/C13H16N2O2S2/c1-11-2-4-13(5-3-11)19(16,17)15-8-6-12(7-9-15)14-10-18/h2-5,12H,6-9H2,1H3. The summed E-state index contributed by atoms with van der Waals surface area (Å²) < 4.78 is 26.4. The maximum Gasteiger partial charge on any atom is 0.243 e. The minimum Gasteiger partial charge on any atom is -0.229 e. The first-order chi connectivity index (χ1) is 9.04. The van der Waals surface area contributed by atoms with E-state index in [0.717, 1.165) is 5.56 Å². The number of aryl methyl sites for hydroxylation is 1. The number of isothiocyanates is 1. The first kappa shape index (κ1) is 14.3. The predicted octanol–water partition coefficient (Wildman–Crippen LogP) is 2.25.